The Bertz CT molecular complexity index is 614. The van der Waals surface area contributed by atoms with Gasteiger partial charge in [0.2, 0.25) is 10.0 Å². The van der Waals surface area contributed by atoms with E-state index in [0.29, 0.717) is 19.0 Å². The van der Waals surface area contributed by atoms with Gasteiger partial charge in [-0.2, -0.15) is 0 Å². The summed E-state index contributed by atoms with van der Waals surface area (Å²) in [6, 6.07) is 2.08. The molecule has 20 heavy (non-hydrogen) atoms. The molecular formula is C11H14FN3O4S. The quantitative estimate of drug-likeness (QED) is 0.632. The molecule has 1 aliphatic heterocycles. The lowest BCUT2D eigenvalue weighted by Crippen LogP contribution is -2.45. The molecular weight excluding hydrogens is 289 g/mol. The third-order valence-electron chi connectivity index (χ3n) is 3.03. The second-order valence-electron chi connectivity index (χ2n) is 4.53. The van der Waals surface area contributed by atoms with Crippen LogP contribution in [0.3, 0.4) is 0 Å². The lowest BCUT2D eigenvalue weighted by atomic mass is 10.1. The van der Waals surface area contributed by atoms with Crippen LogP contribution in [0.2, 0.25) is 0 Å². The van der Waals surface area contributed by atoms with E-state index in [2.05, 4.69) is 10.0 Å². The summed E-state index contributed by atoms with van der Waals surface area (Å²) in [5.41, 5.74) is -0.763. The van der Waals surface area contributed by atoms with Gasteiger partial charge in [-0.25, -0.2) is 17.5 Å². The molecule has 0 aliphatic carbocycles. The average molecular weight is 303 g/mol. The molecule has 1 aromatic rings. The third-order valence-corrected chi connectivity index (χ3v) is 4.59. The predicted molar refractivity (Wildman–Crippen MR) is 69.3 cm³/mol. The first-order valence-corrected chi connectivity index (χ1v) is 7.55. The molecule has 0 bridgehead atoms. The number of sulfonamides is 1. The van der Waals surface area contributed by atoms with Crippen molar-refractivity contribution in [1.82, 2.24) is 10.0 Å². The average Bonchev–Trinajstić information content (AvgIpc) is 2.38. The Morgan fingerprint density at radius 1 is 1.45 bits per heavy atom. The van der Waals surface area contributed by atoms with Gasteiger partial charge in [-0.05, 0) is 31.5 Å². The second-order valence-corrected chi connectivity index (χ2v) is 6.22. The van der Waals surface area contributed by atoms with Gasteiger partial charge < -0.3 is 5.32 Å². The van der Waals surface area contributed by atoms with E-state index in [-0.39, 0.29) is 6.04 Å². The van der Waals surface area contributed by atoms with E-state index in [1.807, 2.05) is 0 Å². The number of nitro groups is 1. The number of hydrogen-bond donors (Lipinski definition) is 2. The summed E-state index contributed by atoms with van der Waals surface area (Å²) < 4.78 is 39.8. The summed E-state index contributed by atoms with van der Waals surface area (Å²) in [5.74, 6) is -0.852. The summed E-state index contributed by atoms with van der Waals surface area (Å²) in [6.45, 7) is 1.28. The molecule has 110 valence electrons. The molecule has 0 saturated carbocycles. The van der Waals surface area contributed by atoms with Crippen LogP contribution < -0.4 is 10.0 Å². The molecule has 1 saturated heterocycles. The molecule has 1 aliphatic rings. The molecule has 2 N–H and O–H groups in total. The summed E-state index contributed by atoms with van der Waals surface area (Å²) in [7, 11) is -4.05. The maximum atomic E-state index is 13.0. The Morgan fingerprint density at radius 3 is 2.80 bits per heavy atom. The van der Waals surface area contributed by atoms with Crippen LogP contribution >= 0.6 is 0 Å². The molecule has 1 atom stereocenters. The van der Waals surface area contributed by atoms with E-state index in [1.54, 1.807) is 0 Å². The minimum absolute atomic E-state index is 0.321. The highest BCUT2D eigenvalue weighted by Gasteiger charge is 2.29. The topological polar surface area (TPSA) is 101 Å². The molecule has 9 heteroatoms. The number of nitrogens with zero attached hydrogens (tertiary/aromatic N) is 1. The van der Waals surface area contributed by atoms with Gasteiger partial charge in [0.1, 0.15) is 5.82 Å². The fourth-order valence-corrected chi connectivity index (χ4v) is 3.52. The Hall–Kier alpha value is -1.58. The van der Waals surface area contributed by atoms with Crippen LogP contribution in [-0.4, -0.2) is 32.5 Å². The lowest BCUT2D eigenvalue weighted by Gasteiger charge is -2.23. The van der Waals surface area contributed by atoms with Crippen molar-refractivity contribution < 1.29 is 17.7 Å². The van der Waals surface area contributed by atoms with Gasteiger partial charge in [0.05, 0.1) is 11.0 Å². The molecule has 7 nitrogen and oxygen atoms in total. The van der Waals surface area contributed by atoms with E-state index in [1.165, 1.54) is 0 Å². The molecule has 1 heterocycles. The minimum atomic E-state index is -4.05. The molecule has 1 fully saturated rings. The van der Waals surface area contributed by atoms with Gasteiger partial charge >= 0.3 is 0 Å². The van der Waals surface area contributed by atoms with E-state index in [0.717, 1.165) is 25.1 Å². The van der Waals surface area contributed by atoms with Gasteiger partial charge in [-0.1, -0.05) is 0 Å². The van der Waals surface area contributed by atoms with Crippen molar-refractivity contribution in [2.45, 2.75) is 23.8 Å². The third kappa shape index (κ3) is 3.30. The Kier molecular flexibility index (Phi) is 4.31. The number of halogens is 1. The summed E-state index contributed by atoms with van der Waals surface area (Å²) in [5, 5.41) is 13.9. The van der Waals surface area contributed by atoms with Crippen LogP contribution in [0.15, 0.2) is 23.1 Å². The zero-order valence-corrected chi connectivity index (χ0v) is 11.3. The van der Waals surface area contributed by atoms with Crippen molar-refractivity contribution in [2.75, 3.05) is 13.1 Å². The number of nitrogens with one attached hydrogen (secondary N) is 2. The van der Waals surface area contributed by atoms with Crippen molar-refractivity contribution in [2.24, 2.45) is 0 Å². The van der Waals surface area contributed by atoms with E-state index < -0.39 is 31.3 Å². The highest BCUT2D eigenvalue weighted by atomic mass is 32.2. The largest absolute Gasteiger partial charge is 0.315 e. The molecule has 2 rings (SSSR count). The van der Waals surface area contributed by atoms with E-state index in [4.69, 9.17) is 0 Å². The standard InChI is InChI=1S/C11H14FN3O4S/c12-8-3-4-11(10(6-8)15(16)17)20(18,19)14-9-2-1-5-13-7-9/h3-4,6,9,13-14H,1-2,5,7H2/t9-/m0/s1. The highest BCUT2D eigenvalue weighted by molar-refractivity contribution is 7.89. The zero-order valence-electron chi connectivity index (χ0n) is 10.5. The number of rotatable bonds is 4. The van der Waals surface area contributed by atoms with Gasteiger partial charge in [0.25, 0.3) is 5.69 Å². The van der Waals surface area contributed by atoms with Crippen LogP contribution in [0.25, 0.3) is 0 Å². The number of piperidine rings is 1. The van der Waals surface area contributed by atoms with Gasteiger partial charge in [0.15, 0.2) is 4.90 Å². The lowest BCUT2D eigenvalue weighted by molar-refractivity contribution is -0.388. The van der Waals surface area contributed by atoms with E-state index >= 15 is 0 Å². The Balaban J connectivity index is 2.31. The normalized spacial score (nSPS) is 19.8. The van der Waals surface area contributed by atoms with Crippen LogP contribution in [0, 0.1) is 15.9 Å². The fourth-order valence-electron chi connectivity index (χ4n) is 2.10. The molecule has 1 aromatic carbocycles. The number of hydrogen-bond acceptors (Lipinski definition) is 5. The van der Waals surface area contributed by atoms with Crippen molar-refractivity contribution in [3.05, 3.63) is 34.1 Å². The molecule has 0 aromatic heterocycles. The molecule has 0 amide bonds. The maximum Gasteiger partial charge on any atom is 0.292 e. The van der Waals surface area contributed by atoms with Crippen LogP contribution in [0.4, 0.5) is 10.1 Å². The van der Waals surface area contributed by atoms with Crippen LogP contribution in [0.5, 0.6) is 0 Å². The van der Waals surface area contributed by atoms with Crippen molar-refractivity contribution >= 4 is 15.7 Å². The number of benzene rings is 1. The summed E-state index contributed by atoms with van der Waals surface area (Å²) >= 11 is 0. The van der Waals surface area contributed by atoms with Crippen LogP contribution in [0.1, 0.15) is 12.8 Å². The van der Waals surface area contributed by atoms with Crippen molar-refractivity contribution in [1.29, 1.82) is 0 Å². The SMILES string of the molecule is O=[N+]([O-])c1cc(F)ccc1S(=O)(=O)N[C@H]1CCCNC1. The Morgan fingerprint density at radius 2 is 2.20 bits per heavy atom. The fraction of sp³-hybridized carbons (Fsp3) is 0.455. The van der Waals surface area contributed by atoms with Crippen LogP contribution in [-0.2, 0) is 10.0 Å². The van der Waals surface area contributed by atoms with E-state index in [9.17, 15) is 22.9 Å². The van der Waals surface area contributed by atoms with Gasteiger partial charge in [-0.15, -0.1) is 0 Å². The maximum absolute atomic E-state index is 13.0. The first kappa shape index (κ1) is 14.8. The smallest absolute Gasteiger partial charge is 0.292 e. The molecule has 0 radical (unpaired) electrons. The minimum Gasteiger partial charge on any atom is -0.315 e. The predicted octanol–water partition coefficient (Wildman–Crippen LogP) is 0.764. The summed E-state index contributed by atoms with van der Waals surface area (Å²) in [4.78, 5) is 9.42. The second kappa shape index (κ2) is 5.81. The highest BCUT2D eigenvalue weighted by Crippen LogP contribution is 2.24. The zero-order chi connectivity index (χ0) is 14.8. The van der Waals surface area contributed by atoms with Crippen molar-refractivity contribution in [3.8, 4) is 0 Å². The Labute approximate surface area is 115 Å². The van der Waals surface area contributed by atoms with Gasteiger partial charge in [-0.3, -0.25) is 10.1 Å². The summed E-state index contributed by atoms with van der Waals surface area (Å²) in [6.07, 6.45) is 1.47. The first-order valence-electron chi connectivity index (χ1n) is 6.07. The molecule has 0 unspecified atom stereocenters. The monoisotopic (exact) mass is 303 g/mol. The molecule has 0 spiro atoms. The first-order chi connectivity index (χ1) is 9.40. The number of nitro benzene ring substituents is 1. The van der Waals surface area contributed by atoms with Crippen molar-refractivity contribution in [3.63, 3.8) is 0 Å². The van der Waals surface area contributed by atoms with Gasteiger partial charge in [0, 0.05) is 12.6 Å².